The van der Waals surface area contributed by atoms with Gasteiger partial charge in [0.15, 0.2) is 0 Å². The van der Waals surface area contributed by atoms with Gasteiger partial charge in [-0.05, 0) is 97.1 Å². The predicted molar refractivity (Wildman–Crippen MR) is 305 cm³/mol. The van der Waals surface area contributed by atoms with Gasteiger partial charge < -0.3 is 62.3 Å². The summed E-state index contributed by atoms with van der Waals surface area (Å²) in [5.41, 5.74) is 10.4. The monoisotopic (exact) mass is 1100 g/mol. The third kappa shape index (κ3) is 15.9. The molecule has 0 unspecified atom stereocenters. The number of hydrogen-bond acceptors (Lipinski definition) is 11. The lowest BCUT2D eigenvalue weighted by Crippen LogP contribution is -2.62. The second-order valence-electron chi connectivity index (χ2n) is 21.1. The van der Waals surface area contributed by atoms with Crippen LogP contribution in [0.15, 0.2) is 146 Å². The number of aromatic amines is 1. The van der Waals surface area contributed by atoms with E-state index in [1.807, 2.05) is 103 Å². The molecule has 3 aliphatic rings. The number of nitrogens with one attached hydrogen (secondary N) is 8. The fourth-order valence-corrected chi connectivity index (χ4v) is 10.9. The van der Waals surface area contributed by atoms with E-state index in [0.29, 0.717) is 43.0 Å². The number of alkyl carbamates (subject to hydrolysis) is 1. The normalized spacial score (nSPS) is 22.5. The van der Waals surface area contributed by atoms with Crippen molar-refractivity contribution in [1.29, 1.82) is 0 Å². The number of fused-ring (bicyclic) bond motifs is 2. The van der Waals surface area contributed by atoms with Gasteiger partial charge in [-0.3, -0.25) is 28.8 Å². The van der Waals surface area contributed by atoms with E-state index < -0.39 is 83.9 Å². The van der Waals surface area contributed by atoms with Crippen LogP contribution >= 0.6 is 0 Å². The molecule has 81 heavy (non-hydrogen) atoms. The fraction of sp³-hybridized carbons (Fsp3) is 0.371. The number of aromatic nitrogens is 1. The molecule has 3 aliphatic heterocycles. The van der Waals surface area contributed by atoms with Crippen LogP contribution in [0.1, 0.15) is 59.9 Å². The lowest BCUT2D eigenvalue weighted by Gasteiger charge is -2.32. The maximum absolute atomic E-state index is 15.4. The topological polar surface area (TPSA) is 267 Å². The van der Waals surface area contributed by atoms with Crippen molar-refractivity contribution in [3.63, 3.8) is 0 Å². The average molecular weight is 1100 g/mol. The van der Waals surface area contributed by atoms with E-state index in [0.717, 1.165) is 40.4 Å². The summed E-state index contributed by atoms with van der Waals surface area (Å²) in [5, 5.41) is 21.7. The van der Waals surface area contributed by atoms with Crippen LogP contribution in [0.3, 0.4) is 0 Å². The second-order valence-corrected chi connectivity index (χ2v) is 21.1. The largest absolute Gasteiger partial charge is 0.489 e. The Morgan fingerprint density at radius 3 is 1.84 bits per heavy atom. The maximum Gasteiger partial charge on any atom is 0.407 e. The van der Waals surface area contributed by atoms with Crippen LogP contribution in [0.4, 0.5) is 4.79 Å². The summed E-state index contributed by atoms with van der Waals surface area (Å²) >= 11 is 0. The fourth-order valence-electron chi connectivity index (χ4n) is 10.9. The molecule has 0 saturated carbocycles. The number of carbonyl (C=O) groups excluding carboxylic acids is 7. The Bertz CT molecular complexity index is 3080. The van der Waals surface area contributed by atoms with E-state index in [1.54, 1.807) is 42.6 Å². The summed E-state index contributed by atoms with van der Waals surface area (Å²) in [7, 11) is 0. The van der Waals surface area contributed by atoms with E-state index in [2.05, 4.69) is 42.2 Å². The zero-order valence-corrected chi connectivity index (χ0v) is 45.3. The smallest absolute Gasteiger partial charge is 0.407 e. The third-order valence-corrected chi connectivity index (χ3v) is 15.3. The highest BCUT2D eigenvalue weighted by Crippen LogP contribution is 2.26. The molecular weight excluding hydrogens is 1030 g/mol. The number of rotatable bonds is 17. The van der Waals surface area contributed by atoms with Crippen molar-refractivity contribution in [2.45, 2.75) is 107 Å². The van der Waals surface area contributed by atoms with Gasteiger partial charge in [-0.15, -0.1) is 0 Å². The van der Waals surface area contributed by atoms with Crippen LogP contribution in [0.25, 0.3) is 10.9 Å². The number of H-pyrrole nitrogens is 1. The molecule has 19 nitrogen and oxygen atoms in total. The van der Waals surface area contributed by atoms with E-state index in [4.69, 9.17) is 15.2 Å². The van der Waals surface area contributed by atoms with Crippen LogP contribution in [0.2, 0.25) is 0 Å². The van der Waals surface area contributed by atoms with Crippen molar-refractivity contribution in [2.75, 3.05) is 32.7 Å². The highest BCUT2D eigenvalue weighted by molar-refractivity contribution is 5.99. The molecule has 3 fully saturated rings. The van der Waals surface area contributed by atoms with Crippen molar-refractivity contribution in [3.05, 3.63) is 174 Å². The zero-order valence-electron chi connectivity index (χ0n) is 45.3. The highest BCUT2D eigenvalue weighted by Gasteiger charge is 2.45. The molecule has 9 rings (SSSR count). The lowest BCUT2D eigenvalue weighted by atomic mass is 9.90. The number of carbonyl (C=O) groups is 7. The minimum Gasteiger partial charge on any atom is -0.489 e. The van der Waals surface area contributed by atoms with Crippen LogP contribution in [-0.4, -0.2) is 126 Å². The van der Waals surface area contributed by atoms with Gasteiger partial charge in [0.2, 0.25) is 35.4 Å². The van der Waals surface area contributed by atoms with Gasteiger partial charge in [-0.25, -0.2) is 4.79 Å². The van der Waals surface area contributed by atoms with Crippen molar-refractivity contribution in [1.82, 2.24) is 47.1 Å². The number of aryl methyl sites for hydroxylation is 1. The number of ether oxygens (including phenoxy) is 2. The summed E-state index contributed by atoms with van der Waals surface area (Å²) < 4.78 is 11.9. The summed E-state index contributed by atoms with van der Waals surface area (Å²) in [6, 6.07) is 35.3. The molecule has 0 spiro atoms. The molecule has 7 atom stereocenters. The highest BCUT2D eigenvalue weighted by atomic mass is 16.6. The first kappa shape index (κ1) is 57.1. The Kier molecular flexibility index (Phi) is 19.8. The molecule has 19 heteroatoms. The van der Waals surface area contributed by atoms with E-state index in [1.165, 1.54) is 4.90 Å². The first-order chi connectivity index (χ1) is 39.5. The minimum atomic E-state index is -1.32. The number of benzene rings is 5. The maximum atomic E-state index is 15.4. The SMILES string of the molecule is NCCNC(=O)O[C@@H]1C[C@H]2C(=O)N[C@@H](CCc3ccccc3)C(=O)N[C@H](Cc3c[nH]c4ccccc34)C(=O)N[C@@H](CC3CCNCC3)C(=O)N[C@@H](Cc3ccc(OCc4ccccc4)cc3)C(=O)N[C@@H](Cc3ccccc3)C(=O)N2C1. The summed E-state index contributed by atoms with van der Waals surface area (Å²) in [6.07, 6.45) is 1.88. The lowest BCUT2D eigenvalue weighted by molar-refractivity contribution is -0.143. The molecule has 1 aromatic heterocycles. The Hall–Kier alpha value is -8.55. The molecule has 0 radical (unpaired) electrons. The van der Waals surface area contributed by atoms with Gasteiger partial charge in [0.1, 0.15) is 54.7 Å². The number of nitrogens with zero attached hydrogens (tertiary/aromatic N) is 1. The third-order valence-electron chi connectivity index (χ3n) is 15.3. The molecule has 0 bridgehead atoms. The van der Waals surface area contributed by atoms with Crippen molar-refractivity contribution < 1.29 is 43.0 Å². The molecule has 6 aromatic rings. The zero-order chi connectivity index (χ0) is 56.5. The predicted octanol–water partition coefficient (Wildman–Crippen LogP) is 3.89. The molecule has 3 saturated heterocycles. The van der Waals surface area contributed by atoms with Gasteiger partial charge in [-0.2, -0.15) is 0 Å². The van der Waals surface area contributed by atoms with Gasteiger partial charge in [-0.1, -0.05) is 121 Å². The van der Waals surface area contributed by atoms with Gasteiger partial charge in [0.05, 0.1) is 6.54 Å². The number of amides is 7. The van der Waals surface area contributed by atoms with Crippen molar-refractivity contribution in [2.24, 2.45) is 11.7 Å². The summed E-state index contributed by atoms with van der Waals surface area (Å²) in [4.78, 5) is 109. The molecule has 10 N–H and O–H groups in total. The van der Waals surface area contributed by atoms with E-state index in [9.17, 15) is 4.79 Å². The molecule has 0 aliphatic carbocycles. The van der Waals surface area contributed by atoms with Gasteiger partial charge >= 0.3 is 6.09 Å². The number of hydrogen-bond donors (Lipinski definition) is 9. The standard InChI is InChI=1S/C62H72N10O9/c63-28-31-65-62(79)81-47-36-55-60(77)67-50(25-22-40-12-4-1-5-13-40)56(73)70-53(35-45-37-66-49-19-11-10-18-48(45)49)59(76)69-52(33-43-26-29-64-30-27-43)57(74)68-51(32-42-20-23-46(24-21-42)80-39-44-16-8-3-9-17-44)58(75)71-54(61(78)72(55)38-47)34-41-14-6-2-7-15-41/h1-21,23-24,37,43,47,50-55,64,66H,22,25-36,38-39,63H2,(H,65,79)(H,67,77)(H,68,74)(H,69,76)(H,70,73)(H,71,75)/t47-,50+,51+,52+,53-,54+,55+/m1/s1. The van der Waals surface area contributed by atoms with E-state index >= 15 is 28.8 Å². The number of piperidine rings is 1. The molecule has 424 valence electrons. The van der Waals surface area contributed by atoms with Crippen molar-refractivity contribution >= 4 is 52.4 Å². The van der Waals surface area contributed by atoms with Gasteiger partial charge in [0, 0.05) is 55.9 Å². The molecule has 5 aromatic carbocycles. The van der Waals surface area contributed by atoms with Crippen molar-refractivity contribution in [3.8, 4) is 5.75 Å². The number of para-hydroxylation sites is 1. The van der Waals surface area contributed by atoms with Crippen LogP contribution in [0.5, 0.6) is 5.75 Å². The first-order valence-electron chi connectivity index (χ1n) is 28.0. The molecular formula is C62H72N10O9. The van der Waals surface area contributed by atoms with E-state index in [-0.39, 0.29) is 64.1 Å². The minimum absolute atomic E-state index is 0.00232. The second kappa shape index (κ2) is 28.0. The Labute approximate surface area is 471 Å². The number of nitrogens with two attached hydrogens (primary N) is 1. The Balaban J connectivity index is 1.10. The van der Waals surface area contributed by atoms with Crippen LogP contribution in [-0.2, 0) is 65.8 Å². The summed E-state index contributed by atoms with van der Waals surface area (Å²) in [5.74, 6) is -3.42. The first-order valence-corrected chi connectivity index (χ1v) is 28.0. The van der Waals surface area contributed by atoms with Gasteiger partial charge in [0.25, 0.3) is 0 Å². The van der Waals surface area contributed by atoms with Crippen LogP contribution in [0, 0.1) is 5.92 Å². The van der Waals surface area contributed by atoms with Crippen LogP contribution < -0.4 is 47.7 Å². The average Bonchev–Trinajstić information content (AvgIpc) is 4.11. The summed E-state index contributed by atoms with van der Waals surface area (Å²) in [6.45, 7) is 1.77. The molecule has 4 heterocycles. The molecule has 7 amide bonds. The Morgan fingerprint density at radius 2 is 1.15 bits per heavy atom. The Morgan fingerprint density at radius 1 is 0.593 bits per heavy atom. The quantitative estimate of drug-likeness (QED) is 0.0633.